The number of hydrogen-bond acceptors (Lipinski definition) is 2. The first-order valence-electron chi connectivity index (χ1n) is 5.55. The number of rotatable bonds is 8. The molecule has 0 aliphatic heterocycles. The van der Waals surface area contributed by atoms with E-state index in [1.54, 1.807) is 0 Å². The van der Waals surface area contributed by atoms with Crippen LogP contribution in [-0.4, -0.2) is 23.0 Å². The smallest absolute Gasteiger partial charge is 0.305 e. The van der Waals surface area contributed by atoms with E-state index in [-0.39, 0.29) is 18.4 Å². The molecular formula is C11H21NO3. The molecule has 1 amide bonds. The molecule has 0 saturated heterocycles. The molecule has 0 aromatic rings. The van der Waals surface area contributed by atoms with Crippen molar-refractivity contribution in [2.24, 2.45) is 0 Å². The molecule has 0 fully saturated rings. The largest absolute Gasteiger partial charge is 0.481 e. The first-order valence-corrected chi connectivity index (χ1v) is 5.55. The van der Waals surface area contributed by atoms with Crippen LogP contribution in [0.3, 0.4) is 0 Å². The zero-order valence-corrected chi connectivity index (χ0v) is 9.58. The van der Waals surface area contributed by atoms with Crippen LogP contribution in [0.2, 0.25) is 0 Å². The molecule has 0 bridgehead atoms. The summed E-state index contributed by atoms with van der Waals surface area (Å²) in [4.78, 5) is 21.3. The zero-order chi connectivity index (χ0) is 11.7. The van der Waals surface area contributed by atoms with E-state index < -0.39 is 5.97 Å². The second-order valence-electron chi connectivity index (χ2n) is 3.84. The van der Waals surface area contributed by atoms with E-state index in [1.807, 2.05) is 0 Å². The highest BCUT2D eigenvalue weighted by Gasteiger charge is 2.13. The number of hydrogen-bond donors (Lipinski definition) is 2. The van der Waals surface area contributed by atoms with Crippen LogP contribution < -0.4 is 5.32 Å². The molecule has 0 saturated carbocycles. The number of unbranched alkanes of at least 4 members (excludes halogenated alkanes) is 3. The maximum Gasteiger partial charge on any atom is 0.305 e. The number of nitrogens with one attached hydrogen (secondary N) is 1. The third-order valence-electron chi connectivity index (χ3n) is 2.23. The summed E-state index contributed by atoms with van der Waals surface area (Å²) in [6.45, 7) is 3.55. The van der Waals surface area contributed by atoms with Crippen molar-refractivity contribution in [1.29, 1.82) is 0 Å². The van der Waals surface area contributed by atoms with Crippen molar-refractivity contribution in [2.75, 3.05) is 0 Å². The van der Waals surface area contributed by atoms with Crippen LogP contribution in [0.4, 0.5) is 0 Å². The molecule has 1 atom stereocenters. The number of aliphatic carboxylic acids is 1. The summed E-state index contributed by atoms with van der Waals surface area (Å²) in [5.41, 5.74) is 0. The van der Waals surface area contributed by atoms with Crippen molar-refractivity contribution in [3.05, 3.63) is 0 Å². The molecule has 4 nitrogen and oxygen atoms in total. The number of amides is 1. The first kappa shape index (κ1) is 13.9. The van der Waals surface area contributed by atoms with Gasteiger partial charge in [0.25, 0.3) is 0 Å². The average molecular weight is 215 g/mol. The van der Waals surface area contributed by atoms with Crippen molar-refractivity contribution >= 4 is 11.9 Å². The van der Waals surface area contributed by atoms with Gasteiger partial charge in [-0.3, -0.25) is 9.59 Å². The Balaban J connectivity index is 3.79. The van der Waals surface area contributed by atoms with Gasteiger partial charge in [-0.2, -0.15) is 0 Å². The summed E-state index contributed by atoms with van der Waals surface area (Å²) in [5.74, 6) is -1.01. The van der Waals surface area contributed by atoms with Gasteiger partial charge in [-0.25, -0.2) is 0 Å². The molecule has 88 valence electrons. The van der Waals surface area contributed by atoms with Gasteiger partial charge in [-0.15, -0.1) is 0 Å². The van der Waals surface area contributed by atoms with E-state index >= 15 is 0 Å². The van der Waals surface area contributed by atoms with Gasteiger partial charge < -0.3 is 10.4 Å². The Bertz CT molecular complexity index is 188. The normalized spacial score (nSPS) is 12.1. The molecule has 2 N–H and O–H groups in total. The lowest BCUT2D eigenvalue weighted by Gasteiger charge is -2.15. The average Bonchev–Trinajstić information content (AvgIpc) is 2.10. The summed E-state index contributed by atoms with van der Waals surface area (Å²) in [5, 5.41) is 11.3. The minimum atomic E-state index is -0.857. The van der Waals surface area contributed by atoms with E-state index in [2.05, 4.69) is 12.2 Å². The third kappa shape index (κ3) is 9.25. The maximum absolute atomic E-state index is 10.8. The summed E-state index contributed by atoms with van der Waals surface area (Å²) >= 11 is 0. The molecule has 0 aliphatic rings. The van der Waals surface area contributed by atoms with Crippen molar-refractivity contribution in [3.63, 3.8) is 0 Å². The number of carbonyl (C=O) groups is 2. The fraction of sp³-hybridized carbons (Fsp3) is 0.818. The Morgan fingerprint density at radius 3 is 2.40 bits per heavy atom. The van der Waals surface area contributed by atoms with E-state index in [0.717, 1.165) is 25.7 Å². The quantitative estimate of drug-likeness (QED) is 0.608. The Kier molecular flexibility index (Phi) is 7.68. The SMILES string of the molecule is CCCCCCC(CC(=O)O)NC(C)=O. The highest BCUT2D eigenvalue weighted by molar-refractivity contribution is 5.74. The summed E-state index contributed by atoms with van der Waals surface area (Å²) < 4.78 is 0. The molecule has 4 heteroatoms. The van der Waals surface area contributed by atoms with Crippen LogP contribution in [0, 0.1) is 0 Å². The van der Waals surface area contributed by atoms with Gasteiger partial charge in [0.2, 0.25) is 5.91 Å². The monoisotopic (exact) mass is 215 g/mol. The second-order valence-corrected chi connectivity index (χ2v) is 3.84. The summed E-state index contributed by atoms with van der Waals surface area (Å²) in [6, 6.07) is -0.211. The minimum absolute atomic E-state index is 0.0195. The van der Waals surface area contributed by atoms with Crippen LogP contribution in [0.15, 0.2) is 0 Å². The molecule has 0 aromatic carbocycles. The molecule has 0 radical (unpaired) electrons. The van der Waals surface area contributed by atoms with Crippen molar-refractivity contribution in [3.8, 4) is 0 Å². The molecule has 0 rings (SSSR count). The standard InChI is InChI=1S/C11H21NO3/c1-3-4-5-6-7-10(8-11(14)15)12-9(2)13/h10H,3-8H2,1-2H3,(H,12,13)(H,14,15). The Morgan fingerprint density at radius 1 is 1.27 bits per heavy atom. The fourth-order valence-electron chi connectivity index (χ4n) is 1.54. The van der Waals surface area contributed by atoms with Gasteiger partial charge in [0.15, 0.2) is 0 Å². The number of carbonyl (C=O) groups excluding carboxylic acids is 1. The summed E-state index contributed by atoms with van der Waals surface area (Å²) in [6.07, 6.45) is 5.18. The fourth-order valence-corrected chi connectivity index (χ4v) is 1.54. The second kappa shape index (κ2) is 8.26. The molecule has 0 aromatic heterocycles. The molecule has 0 spiro atoms. The van der Waals surface area contributed by atoms with E-state index in [1.165, 1.54) is 13.3 Å². The van der Waals surface area contributed by atoms with Crippen LogP contribution in [0.5, 0.6) is 0 Å². The zero-order valence-electron chi connectivity index (χ0n) is 9.58. The van der Waals surface area contributed by atoms with Gasteiger partial charge in [0, 0.05) is 13.0 Å². The van der Waals surface area contributed by atoms with E-state index in [4.69, 9.17) is 5.11 Å². The van der Waals surface area contributed by atoms with Crippen LogP contribution in [0.1, 0.15) is 52.4 Å². The lowest BCUT2D eigenvalue weighted by atomic mass is 10.0. The minimum Gasteiger partial charge on any atom is -0.481 e. The number of carboxylic acids is 1. The predicted octanol–water partition coefficient (Wildman–Crippen LogP) is 1.94. The van der Waals surface area contributed by atoms with Gasteiger partial charge in [-0.1, -0.05) is 32.6 Å². The molecule has 1 unspecified atom stereocenters. The molecule has 0 aliphatic carbocycles. The molecule has 15 heavy (non-hydrogen) atoms. The van der Waals surface area contributed by atoms with E-state index in [9.17, 15) is 9.59 Å². The molecular weight excluding hydrogens is 194 g/mol. The topological polar surface area (TPSA) is 66.4 Å². The number of carboxylic acid groups (broad SMARTS) is 1. The predicted molar refractivity (Wildman–Crippen MR) is 58.6 cm³/mol. The third-order valence-corrected chi connectivity index (χ3v) is 2.23. The van der Waals surface area contributed by atoms with Crippen molar-refractivity contribution in [1.82, 2.24) is 5.32 Å². The lowest BCUT2D eigenvalue weighted by Crippen LogP contribution is -2.34. The highest BCUT2D eigenvalue weighted by atomic mass is 16.4. The maximum atomic E-state index is 10.8. The van der Waals surface area contributed by atoms with Crippen LogP contribution >= 0.6 is 0 Å². The van der Waals surface area contributed by atoms with Crippen LogP contribution in [0.25, 0.3) is 0 Å². The van der Waals surface area contributed by atoms with Gasteiger partial charge >= 0.3 is 5.97 Å². The Labute approximate surface area is 91.1 Å². The summed E-state index contributed by atoms with van der Waals surface area (Å²) in [7, 11) is 0. The Morgan fingerprint density at radius 2 is 1.93 bits per heavy atom. The van der Waals surface area contributed by atoms with Crippen LogP contribution in [-0.2, 0) is 9.59 Å². The van der Waals surface area contributed by atoms with E-state index in [0.29, 0.717) is 0 Å². The van der Waals surface area contributed by atoms with Gasteiger partial charge in [0.05, 0.1) is 6.42 Å². The first-order chi connectivity index (χ1) is 7.06. The lowest BCUT2D eigenvalue weighted by molar-refractivity contribution is -0.137. The van der Waals surface area contributed by atoms with Crippen molar-refractivity contribution < 1.29 is 14.7 Å². The highest BCUT2D eigenvalue weighted by Crippen LogP contribution is 2.08. The molecule has 0 heterocycles. The Hall–Kier alpha value is -1.06. The van der Waals surface area contributed by atoms with Crippen molar-refractivity contribution in [2.45, 2.75) is 58.4 Å². The van der Waals surface area contributed by atoms with Gasteiger partial charge in [0.1, 0.15) is 0 Å². The van der Waals surface area contributed by atoms with Gasteiger partial charge in [-0.05, 0) is 6.42 Å².